The summed E-state index contributed by atoms with van der Waals surface area (Å²) in [5, 5.41) is 0.521. The largest absolute Gasteiger partial charge is 0.369 e. The molecule has 1 saturated carbocycles. The van der Waals surface area contributed by atoms with Gasteiger partial charge < -0.3 is 19.6 Å². The first-order valence-corrected chi connectivity index (χ1v) is 12.4. The van der Waals surface area contributed by atoms with Crippen LogP contribution in [0.4, 0.5) is 5.95 Å². The highest BCUT2D eigenvalue weighted by atomic mass is 35.5. The number of rotatable bonds is 12. The number of hydrogen-bond donors (Lipinski definition) is 2. The Morgan fingerprint density at radius 3 is 2.91 bits per heavy atom. The van der Waals surface area contributed by atoms with Gasteiger partial charge in [0.25, 0.3) is 5.56 Å². The van der Waals surface area contributed by atoms with E-state index in [0.29, 0.717) is 16.2 Å². The van der Waals surface area contributed by atoms with Gasteiger partial charge in [0.05, 0.1) is 19.5 Å². The van der Waals surface area contributed by atoms with Crippen LogP contribution < -0.4 is 11.3 Å². The molecule has 1 unspecified atom stereocenters. The molecule has 3 aromatic rings. The third-order valence-corrected chi connectivity index (χ3v) is 6.75. The SMILES string of the molecule is Nc1nc2c(ncn2CCOCP(=O)(OCC(=O)C2CC2)OCc2cccc(Cl)c2)c(=O)[nH]1. The van der Waals surface area contributed by atoms with Gasteiger partial charge in [0, 0.05) is 17.5 Å². The van der Waals surface area contributed by atoms with Gasteiger partial charge in [0.2, 0.25) is 5.95 Å². The van der Waals surface area contributed by atoms with Crippen LogP contribution >= 0.6 is 19.2 Å². The van der Waals surface area contributed by atoms with E-state index in [2.05, 4.69) is 15.0 Å². The zero-order valence-electron chi connectivity index (χ0n) is 17.6. The second-order valence-electron chi connectivity index (χ2n) is 7.63. The predicted molar refractivity (Wildman–Crippen MR) is 121 cm³/mol. The van der Waals surface area contributed by atoms with E-state index in [-0.39, 0.29) is 55.9 Å². The second kappa shape index (κ2) is 10.1. The molecule has 33 heavy (non-hydrogen) atoms. The minimum Gasteiger partial charge on any atom is -0.369 e. The zero-order valence-corrected chi connectivity index (χ0v) is 19.3. The molecule has 0 radical (unpaired) electrons. The van der Waals surface area contributed by atoms with E-state index in [1.807, 2.05) is 0 Å². The smallest absolute Gasteiger partial charge is 0.356 e. The maximum Gasteiger partial charge on any atom is 0.356 e. The Balaban J connectivity index is 1.36. The molecular formula is C20H23ClN5O6P. The number of nitrogens with two attached hydrogens (primary N) is 1. The third-order valence-electron chi connectivity index (χ3n) is 4.97. The Morgan fingerprint density at radius 1 is 1.33 bits per heavy atom. The van der Waals surface area contributed by atoms with E-state index in [1.165, 1.54) is 6.33 Å². The monoisotopic (exact) mass is 495 g/mol. The number of halogens is 1. The van der Waals surface area contributed by atoms with Gasteiger partial charge in [-0.05, 0) is 30.5 Å². The number of nitrogen functional groups attached to an aromatic ring is 1. The van der Waals surface area contributed by atoms with Crippen molar-refractivity contribution in [2.45, 2.75) is 26.0 Å². The third kappa shape index (κ3) is 6.27. The highest BCUT2D eigenvalue weighted by Gasteiger charge is 2.33. The van der Waals surface area contributed by atoms with Gasteiger partial charge in [-0.15, -0.1) is 0 Å². The number of hydrogen-bond acceptors (Lipinski definition) is 9. The standard InChI is InChI=1S/C20H23ClN5O6P/c21-15-3-1-2-13(8-15)9-31-33(29,32-10-16(27)14-4-5-14)12-30-7-6-26-11-23-17-18(26)24-20(22)25-19(17)28/h1-3,8,11,14H,4-7,9-10,12H2,(H3,22,24,25,28). The maximum atomic E-state index is 13.2. The first kappa shape index (κ1) is 23.6. The molecule has 1 aliphatic rings. The summed E-state index contributed by atoms with van der Waals surface area (Å²) >= 11 is 5.98. The highest BCUT2D eigenvalue weighted by Crippen LogP contribution is 2.49. The van der Waals surface area contributed by atoms with Crippen molar-refractivity contribution in [3.05, 3.63) is 51.5 Å². The van der Waals surface area contributed by atoms with Gasteiger partial charge >= 0.3 is 7.60 Å². The molecule has 2 heterocycles. The molecule has 1 atom stereocenters. The molecular weight excluding hydrogens is 473 g/mol. The van der Waals surface area contributed by atoms with E-state index >= 15 is 0 Å². The zero-order chi connectivity index (χ0) is 23.4. The van der Waals surface area contributed by atoms with Crippen molar-refractivity contribution >= 4 is 42.1 Å². The van der Waals surface area contributed by atoms with Gasteiger partial charge in [0.1, 0.15) is 13.0 Å². The number of nitrogens with zero attached hydrogens (tertiary/aromatic N) is 3. The molecule has 0 saturated heterocycles. The van der Waals surface area contributed by atoms with E-state index in [1.54, 1.807) is 28.8 Å². The molecule has 176 valence electrons. The molecule has 0 spiro atoms. The molecule has 1 aliphatic carbocycles. The van der Waals surface area contributed by atoms with E-state index < -0.39 is 13.2 Å². The number of carbonyl (C=O) groups is 1. The van der Waals surface area contributed by atoms with Crippen LogP contribution in [0.25, 0.3) is 11.2 Å². The quantitative estimate of drug-likeness (QED) is 0.285. The van der Waals surface area contributed by atoms with Gasteiger partial charge in [-0.1, -0.05) is 23.7 Å². The van der Waals surface area contributed by atoms with Crippen molar-refractivity contribution in [2.75, 3.05) is 25.3 Å². The minimum atomic E-state index is -3.74. The van der Waals surface area contributed by atoms with Crippen molar-refractivity contribution in [3.8, 4) is 0 Å². The number of carbonyl (C=O) groups excluding carboxylic acids is 1. The Morgan fingerprint density at radius 2 is 2.15 bits per heavy atom. The van der Waals surface area contributed by atoms with Gasteiger partial charge in [-0.2, -0.15) is 4.98 Å². The topological polar surface area (TPSA) is 151 Å². The number of ketones is 1. The van der Waals surface area contributed by atoms with Crippen LogP contribution in [0, 0.1) is 5.92 Å². The fourth-order valence-electron chi connectivity index (χ4n) is 3.07. The van der Waals surface area contributed by atoms with E-state index in [0.717, 1.165) is 12.8 Å². The van der Waals surface area contributed by atoms with Crippen molar-refractivity contribution in [3.63, 3.8) is 0 Å². The van der Waals surface area contributed by atoms with Crippen LogP contribution in [0.1, 0.15) is 18.4 Å². The summed E-state index contributed by atoms with van der Waals surface area (Å²) in [7, 11) is -3.74. The Labute approximate surface area is 193 Å². The van der Waals surface area contributed by atoms with Gasteiger partial charge in [-0.25, -0.2) is 4.98 Å². The average Bonchev–Trinajstić information content (AvgIpc) is 3.55. The lowest BCUT2D eigenvalue weighted by Crippen LogP contribution is -2.14. The summed E-state index contributed by atoms with van der Waals surface area (Å²) in [6.07, 6.45) is 2.74. The molecule has 4 rings (SSSR count). The fraction of sp³-hybridized carbons (Fsp3) is 0.400. The molecule has 0 bridgehead atoms. The lowest BCUT2D eigenvalue weighted by Gasteiger charge is -2.18. The van der Waals surface area contributed by atoms with Crippen molar-refractivity contribution < 1.29 is 23.1 Å². The number of aromatic amines is 1. The van der Waals surface area contributed by atoms with Gasteiger partial charge in [0.15, 0.2) is 16.9 Å². The van der Waals surface area contributed by atoms with Crippen molar-refractivity contribution in [1.29, 1.82) is 0 Å². The number of aromatic nitrogens is 4. The number of nitrogens with one attached hydrogen (secondary N) is 1. The Kier molecular flexibility index (Phi) is 7.26. The summed E-state index contributed by atoms with van der Waals surface area (Å²) in [5.41, 5.74) is 6.33. The predicted octanol–water partition coefficient (Wildman–Crippen LogP) is 2.73. The summed E-state index contributed by atoms with van der Waals surface area (Å²) in [4.78, 5) is 34.4. The molecule has 1 aromatic carbocycles. The number of benzene rings is 1. The summed E-state index contributed by atoms with van der Waals surface area (Å²) in [6.45, 7) is 0.0575. The highest BCUT2D eigenvalue weighted by molar-refractivity contribution is 7.53. The van der Waals surface area contributed by atoms with Crippen LogP contribution in [0.2, 0.25) is 5.02 Å². The van der Waals surface area contributed by atoms with Crippen LogP contribution in [0.5, 0.6) is 0 Å². The maximum absolute atomic E-state index is 13.2. The van der Waals surface area contributed by atoms with Crippen LogP contribution in [0.3, 0.4) is 0 Å². The molecule has 1 fully saturated rings. The molecule has 3 N–H and O–H groups in total. The summed E-state index contributed by atoms with van der Waals surface area (Å²) in [5.74, 6) is -0.145. The molecule has 2 aromatic heterocycles. The van der Waals surface area contributed by atoms with E-state index in [9.17, 15) is 14.2 Å². The lowest BCUT2D eigenvalue weighted by molar-refractivity contribution is -0.122. The summed E-state index contributed by atoms with van der Waals surface area (Å²) in [6, 6.07) is 6.93. The summed E-state index contributed by atoms with van der Waals surface area (Å²) < 4.78 is 31.4. The second-order valence-corrected chi connectivity index (χ2v) is 10.1. The minimum absolute atomic E-state index is 0.0169. The first-order valence-electron chi connectivity index (χ1n) is 10.3. The number of Topliss-reactive ketones (excluding diaryl/α,β-unsaturated/α-hetero) is 1. The molecule has 11 nitrogen and oxygen atoms in total. The Hall–Kier alpha value is -2.56. The fourth-order valence-corrected chi connectivity index (χ4v) is 4.53. The first-order chi connectivity index (χ1) is 15.8. The van der Waals surface area contributed by atoms with Crippen LogP contribution in [-0.4, -0.2) is 44.9 Å². The molecule has 13 heteroatoms. The van der Waals surface area contributed by atoms with E-state index in [4.69, 9.17) is 31.1 Å². The normalized spacial score (nSPS) is 15.5. The lowest BCUT2D eigenvalue weighted by atomic mass is 10.2. The van der Waals surface area contributed by atoms with Crippen molar-refractivity contribution in [1.82, 2.24) is 19.5 Å². The van der Waals surface area contributed by atoms with Gasteiger partial charge in [-0.3, -0.25) is 23.7 Å². The van der Waals surface area contributed by atoms with Crippen molar-refractivity contribution in [2.24, 2.45) is 5.92 Å². The van der Waals surface area contributed by atoms with Crippen LogP contribution in [0.15, 0.2) is 35.4 Å². The molecule has 0 amide bonds. The number of imidazole rings is 1. The number of fused-ring (bicyclic) bond motifs is 1. The molecule has 0 aliphatic heterocycles. The Bertz CT molecular complexity index is 1260. The number of H-pyrrole nitrogens is 1. The number of anilines is 1. The average molecular weight is 496 g/mol. The number of ether oxygens (including phenoxy) is 1. The van der Waals surface area contributed by atoms with Crippen LogP contribution in [-0.2, 0) is 36.3 Å².